The SMILES string of the molecule is Cc1ccccc1N1CC[NH+](CC(=O)NCc2ccc3c(c2)OCO3)CC1. The fourth-order valence-corrected chi connectivity index (χ4v) is 3.70. The Bertz CT molecular complexity index is 816. The minimum Gasteiger partial charge on any atom is -0.454 e. The molecule has 0 aromatic heterocycles. The number of quaternary nitrogens is 1. The van der Waals surface area contributed by atoms with Gasteiger partial charge in [0.05, 0.1) is 26.2 Å². The second-order valence-electron chi connectivity index (χ2n) is 7.16. The highest BCUT2D eigenvalue weighted by Gasteiger charge is 2.23. The van der Waals surface area contributed by atoms with Crippen LogP contribution in [0, 0.1) is 6.92 Å². The number of anilines is 1. The molecule has 0 atom stereocenters. The van der Waals surface area contributed by atoms with Crippen molar-refractivity contribution in [3.63, 3.8) is 0 Å². The van der Waals surface area contributed by atoms with Gasteiger partial charge in [0, 0.05) is 12.2 Å². The zero-order valence-corrected chi connectivity index (χ0v) is 15.7. The van der Waals surface area contributed by atoms with E-state index in [1.165, 1.54) is 16.2 Å². The average molecular weight is 368 g/mol. The third-order valence-corrected chi connectivity index (χ3v) is 5.26. The average Bonchev–Trinajstić information content (AvgIpc) is 3.15. The number of ether oxygens (including phenoxy) is 2. The lowest BCUT2D eigenvalue weighted by molar-refractivity contribution is -0.892. The molecule has 142 valence electrons. The Morgan fingerprint density at radius 2 is 1.89 bits per heavy atom. The number of fused-ring (bicyclic) bond motifs is 1. The van der Waals surface area contributed by atoms with Crippen LogP contribution in [0.5, 0.6) is 11.5 Å². The summed E-state index contributed by atoms with van der Waals surface area (Å²) in [5.74, 6) is 1.60. The first kappa shape index (κ1) is 17.7. The number of hydrogen-bond donors (Lipinski definition) is 2. The Morgan fingerprint density at radius 1 is 1.11 bits per heavy atom. The normalized spacial score (nSPS) is 16.4. The molecule has 2 aliphatic rings. The summed E-state index contributed by atoms with van der Waals surface area (Å²) in [6.45, 7) is 7.37. The fourth-order valence-electron chi connectivity index (χ4n) is 3.70. The van der Waals surface area contributed by atoms with Crippen molar-refractivity contribution in [2.24, 2.45) is 0 Å². The van der Waals surface area contributed by atoms with E-state index in [1.807, 2.05) is 18.2 Å². The number of para-hydroxylation sites is 1. The lowest BCUT2D eigenvalue weighted by Crippen LogP contribution is -3.15. The molecule has 0 unspecified atom stereocenters. The first-order chi connectivity index (χ1) is 13.2. The molecule has 1 fully saturated rings. The molecule has 1 amide bonds. The second-order valence-corrected chi connectivity index (χ2v) is 7.16. The summed E-state index contributed by atoms with van der Waals surface area (Å²) < 4.78 is 10.7. The number of nitrogens with one attached hydrogen (secondary N) is 2. The lowest BCUT2D eigenvalue weighted by atomic mass is 10.1. The molecule has 2 aromatic rings. The van der Waals surface area contributed by atoms with E-state index in [-0.39, 0.29) is 12.7 Å². The van der Waals surface area contributed by atoms with Gasteiger partial charge >= 0.3 is 0 Å². The summed E-state index contributed by atoms with van der Waals surface area (Å²) in [6, 6.07) is 14.3. The first-order valence-electron chi connectivity index (χ1n) is 9.48. The van der Waals surface area contributed by atoms with Gasteiger partial charge in [0.15, 0.2) is 18.0 Å². The molecular weight excluding hydrogens is 342 g/mol. The Labute approximate surface area is 159 Å². The number of hydrogen-bond acceptors (Lipinski definition) is 4. The topological polar surface area (TPSA) is 55.2 Å². The molecule has 2 aromatic carbocycles. The number of aryl methyl sites for hydroxylation is 1. The van der Waals surface area contributed by atoms with Crippen LogP contribution in [0.2, 0.25) is 0 Å². The van der Waals surface area contributed by atoms with Crippen molar-refractivity contribution in [1.82, 2.24) is 5.32 Å². The summed E-state index contributed by atoms with van der Waals surface area (Å²) in [5, 5.41) is 3.02. The van der Waals surface area contributed by atoms with Gasteiger partial charge in [0.25, 0.3) is 5.91 Å². The second kappa shape index (κ2) is 7.88. The standard InChI is InChI=1S/C21H25N3O3/c1-16-4-2-3-5-18(16)24-10-8-23(9-11-24)14-21(25)22-13-17-6-7-19-20(12-17)27-15-26-19/h2-7,12H,8-11,13-15H2,1H3,(H,22,25)/p+1. The van der Waals surface area contributed by atoms with E-state index in [9.17, 15) is 4.79 Å². The van der Waals surface area contributed by atoms with E-state index < -0.39 is 0 Å². The first-order valence-corrected chi connectivity index (χ1v) is 9.48. The maximum atomic E-state index is 12.3. The highest BCUT2D eigenvalue weighted by molar-refractivity contribution is 5.76. The predicted molar refractivity (Wildman–Crippen MR) is 103 cm³/mol. The molecule has 0 spiro atoms. The maximum Gasteiger partial charge on any atom is 0.275 e. The predicted octanol–water partition coefficient (Wildman–Crippen LogP) is 0.745. The number of nitrogens with zero attached hydrogens (tertiary/aromatic N) is 1. The molecule has 1 saturated heterocycles. The van der Waals surface area contributed by atoms with Crippen molar-refractivity contribution < 1.29 is 19.2 Å². The van der Waals surface area contributed by atoms with Crippen LogP contribution >= 0.6 is 0 Å². The molecule has 0 saturated carbocycles. The zero-order chi connectivity index (χ0) is 18.6. The maximum absolute atomic E-state index is 12.3. The highest BCUT2D eigenvalue weighted by atomic mass is 16.7. The van der Waals surface area contributed by atoms with Crippen LogP contribution in [-0.2, 0) is 11.3 Å². The van der Waals surface area contributed by atoms with Crippen molar-refractivity contribution in [3.8, 4) is 11.5 Å². The van der Waals surface area contributed by atoms with Gasteiger partial charge in [-0.1, -0.05) is 24.3 Å². The summed E-state index contributed by atoms with van der Waals surface area (Å²) in [5.41, 5.74) is 3.64. The molecule has 2 N–H and O–H groups in total. The minimum absolute atomic E-state index is 0.0898. The molecule has 4 rings (SSSR count). The van der Waals surface area contributed by atoms with Crippen molar-refractivity contribution >= 4 is 11.6 Å². The van der Waals surface area contributed by atoms with E-state index in [4.69, 9.17) is 9.47 Å². The molecule has 27 heavy (non-hydrogen) atoms. The van der Waals surface area contributed by atoms with Crippen LogP contribution in [0.15, 0.2) is 42.5 Å². The van der Waals surface area contributed by atoms with Crippen LogP contribution in [0.3, 0.4) is 0 Å². The molecule has 6 nitrogen and oxygen atoms in total. The molecule has 0 radical (unpaired) electrons. The Kier molecular flexibility index (Phi) is 5.16. The van der Waals surface area contributed by atoms with Crippen molar-refractivity contribution in [3.05, 3.63) is 53.6 Å². The molecular formula is C21H26N3O3+. The smallest absolute Gasteiger partial charge is 0.275 e. The van der Waals surface area contributed by atoms with E-state index in [0.29, 0.717) is 13.1 Å². The van der Waals surface area contributed by atoms with Crippen LogP contribution < -0.4 is 24.6 Å². The molecule has 0 bridgehead atoms. The Morgan fingerprint density at radius 3 is 2.70 bits per heavy atom. The largest absolute Gasteiger partial charge is 0.454 e. The van der Waals surface area contributed by atoms with Gasteiger partial charge < -0.3 is 24.6 Å². The molecule has 2 heterocycles. The summed E-state index contributed by atoms with van der Waals surface area (Å²) in [7, 11) is 0. The van der Waals surface area contributed by atoms with Gasteiger partial charge in [0.2, 0.25) is 6.79 Å². The van der Waals surface area contributed by atoms with Gasteiger partial charge in [-0.3, -0.25) is 4.79 Å². The lowest BCUT2D eigenvalue weighted by Gasteiger charge is -2.34. The van der Waals surface area contributed by atoms with E-state index in [1.54, 1.807) is 0 Å². The number of amides is 1. The van der Waals surface area contributed by atoms with E-state index in [2.05, 4.69) is 41.4 Å². The van der Waals surface area contributed by atoms with Crippen LogP contribution in [0.1, 0.15) is 11.1 Å². The monoisotopic (exact) mass is 368 g/mol. The van der Waals surface area contributed by atoms with Crippen LogP contribution in [-0.4, -0.2) is 45.4 Å². The highest BCUT2D eigenvalue weighted by Crippen LogP contribution is 2.32. The Balaban J connectivity index is 1.23. The van der Waals surface area contributed by atoms with E-state index in [0.717, 1.165) is 43.2 Å². The third kappa shape index (κ3) is 4.17. The zero-order valence-electron chi connectivity index (χ0n) is 15.7. The van der Waals surface area contributed by atoms with Gasteiger partial charge in [-0.2, -0.15) is 0 Å². The number of rotatable bonds is 5. The third-order valence-electron chi connectivity index (χ3n) is 5.26. The van der Waals surface area contributed by atoms with Crippen molar-refractivity contribution in [2.75, 3.05) is 44.4 Å². The quantitative estimate of drug-likeness (QED) is 0.818. The minimum atomic E-state index is 0.0898. The van der Waals surface area contributed by atoms with Crippen molar-refractivity contribution in [1.29, 1.82) is 0 Å². The summed E-state index contributed by atoms with van der Waals surface area (Å²) in [6.07, 6.45) is 0. The number of benzene rings is 2. The van der Waals surface area contributed by atoms with Crippen molar-refractivity contribution in [2.45, 2.75) is 13.5 Å². The number of carbonyl (C=O) groups is 1. The number of carbonyl (C=O) groups excluding carboxylic acids is 1. The Hall–Kier alpha value is -2.73. The summed E-state index contributed by atoms with van der Waals surface area (Å²) >= 11 is 0. The number of piperazine rings is 1. The van der Waals surface area contributed by atoms with Crippen LogP contribution in [0.25, 0.3) is 0 Å². The van der Waals surface area contributed by atoms with Crippen LogP contribution in [0.4, 0.5) is 5.69 Å². The molecule has 0 aliphatic carbocycles. The molecule has 6 heteroatoms. The molecule has 2 aliphatic heterocycles. The van der Waals surface area contributed by atoms with E-state index >= 15 is 0 Å². The van der Waals surface area contributed by atoms with Gasteiger partial charge in [-0.25, -0.2) is 0 Å². The van der Waals surface area contributed by atoms with Gasteiger partial charge in [-0.05, 0) is 36.2 Å². The fraction of sp³-hybridized carbons (Fsp3) is 0.381. The summed E-state index contributed by atoms with van der Waals surface area (Å²) in [4.78, 5) is 16.1. The van der Waals surface area contributed by atoms with Gasteiger partial charge in [-0.15, -0.1) is 0 Å². The van der Waals surface area contributed by atoms with Gasteiger partial charge in [0.1, 0.15) is 0 Å².